The number of methoxy groups -OCH3 is 2. The van der Waals surface area contributed by atoms with Gasteiger partial charge in [-0.1, -0.05) is 29.5 Å². The predicted octanol–water partition coefficient (Wildman–Crippen LogP) is 5.02. The number of thiazole rings is 1. The number of anilines is 1. The summed E-state index contributed by atoms with van der Waals surface area (Å²) in [5, 5.41) is 11.9. The Bertz CT molecular complexity index is 1680. The summed E-state index contributed by atoms with van der Waals surface area (Å²) in [5.41, 5.74) is 2.42. The summed E-state index contributed by atoms with van der Waals surface area (Å²) in [7, 11) is 2.98. The maximum atomic E-state index is 13.6. The molecule has 1 unspecified atom stereocenters. The second kappa shape index (κ2) is 9.63. The molecular formula is C29H24N2O7S. The minimum absolute atomic E-state index is 0.0985. The van der Waals surface area contributed by atoms with Crippen LogP contribution in [0, 0.1) is 6.92 Å². The number of hydrogen-bond acceptors (Lipinski definition) is 9. The molecule has 198 valence electrons. The molecule has 0 saturated carbocycles. The lowest BCUT2D eigenvalue weighted by atomic mass is 9.94. The Morgan fingerprint density at radius 2 is 1.82 bits per heavy atom. The highest BCUT2D eigenvalue weighted by molar-refractivity contribution is 7.22. The third kappa shape index (κ3) is 4.04. The van der Waals surface area contributed by atoms with Crippen LogP contribution in [0.3, 0.4) is 0 Å². The van der Waals surface area contributed by atoms with E-state index in [9.17, 15) is 14.7 Å². The molecule has 9 nitrogen and oxygen atoms in total. The van der Waals surface area contributed by atoms with Crippen LogP contribution in [0.4, 0.5) is 5.13 Å². The van der Waals surface area contributed by atoms with Gasteiger partial charge in [-0.25, -0.2) is 4.98 Å². The number of carbonyl (C=O) groups is 2. The van der Waals surface area contributed by atoms with Crippen LogP contribution in [-0.4, -0.2) is 49.2 Å². The first-order chi connectivity index (χ1) is 18.9. The molecule has 1 amide bonds. The summed E-state index contributed by atoms with van der Waals surface area (Å²) in [4.78, 5) is 33.3. The van der Waals surface area contributed by atoms with E-state index in [0.29, 0.717) is 58.0 Å². The summed E-state index contributed by atoms with van der Waals surface area (Å²) < 4.78 is 23.3. The van der Waals surface area contributed by atoms with Crippen molar-refractivity contribution in [2.75, 3.05) is 32.3 Å². The number of aromatic nitrogens is 1. The zero-order chi connectivity index (χ0) is 27.3. The average molecular weight is 545 g/mol. The van der Waals surface area contributed by atoms with E-state index in [-0.39, 0.29) is 11.3 Å². The van der Waals surface area contributed by atoms with Crippen LogP contribution in [0.2, 0.25) is 0 Å². The van der Waals surface area contributed by atoms with Gasteiger partial charge in [-0.3, -0.25) is 14.5 Å². The minimum atomic E-state index is -1.04. The molecule has 2 aliphatic rings. The molecule has 0 spiro atoms. The topological polar surface area (TPSA) is 107 Å². The number of fused-ring (bicyclic) bond motifs is 2. The molecule has 2 aliphatic heterocycles. The lowest BCUT2D eigenvalue weighted by Gasteiger charge is -2.25. The van der Waals surface area contributed by atoms with E-state index in [1.54, 1.807) is 36.4 Å². The molecule has 1 N–H and O–H groups in total. The van der Waals surface area contributed by atoms with Gasteiger partial charge in [0, 0.05) is 11.1 Å². The van der Waals surface area contributed by atoms with Gasteiger partial charge in [0.15, 0.2) is 28.1 Å². The lowest BCUT2D eigenvalue weighted by Crippen LogP contribution is -2.29. The van der Waals surface area contributed by atoms with Crippen LogP contribution in [0.25, 0.3) is 16.0 Å². The molecule has 1 aromatic heterocycles. The third-order valence-electron chi connectivity index (χ3n) is 6.73. The number of benzene rings is 3. The highest BCUT2D eigenvalue weighted by Crippen LogP contribution is 2.49. The molecule has 3 aromatic carbocycles. The Morgan fingerprint density at radius 1 is 1.03 bits per heavy atom. The van der Waals surface area contributed by atoms with Crippen molar-refractivity contribution < 1.29 is 33.6 Å². The van der Waals surface area contributed by atoms with E-state index in [0.717, 1.165) is 10.3 Å². The van der Waals surface area contributed by atoms with E-state index in [2.05, 4.69) is 4.98 Å². The molecule has 10 heteroatoms. The average Bonchev–Trinajstić information content (AvgIpc) is 3.49. The van der Waals surface area contributed by atoms with E-state index in [1.165, 1.54) is 30.5 Å². The fraction of sp³-hybridized carbons (Fsp3) is 0.207. The number of para-hydroxylation sites is 1. The second-order valence-corrected chi connectivity index (χ2v) is 10.1. The van der Waals surface area contributed by atoms with Gasteiger partial charge in [0.2, 0.25) is 0 Å². The largest absolute Gasteiger partial charge is 0.507 e. The Hall–Kier alpha value is -4.57. The smallest absolute Gasteiger partial charge is 0.301 e. The molecule has 0 bridgehead atoms. The number of aliphatic hydroxyl groups excluding tert-OH is 1. The van der Waals surface area contributed by atoms with E-state index < -0.39 is 17.7 Å². The number of amides is 1. The number of hydrogen-bond donors (Lipinski definition) is 1. The Kier molecular flexibility index (Phi) is 6.11. The number of ketones is 1. The third-order valence-corrected chi connectivity index (χ3v) is 7.74. The van der Waals surface area contributed by atoms with Crippen LogP contribution in [0.5, 0.6) is 23.0 Å². The number of rotatable bonds is 5. The van der Waals surface area contributed by atoms with Crippen molar-refractivity contribution in [1.82, 2.24) is 4.98 Å². The zero-order valence-corrected chi connectivity index (χ0v) is 22.2. The van der Waals surface area contributed by atoms with E-state index >= 15 is 0 Å². The normalized spacial score (nSPS) is 18.0. The Morgan fingerprint density at radius 3 is 2.59 bits per heavy atom. The monoisotopic (exact) mass is 544 g/mol. The number of Topliss-reactive ketones (excluding diaryl/α,β-unsaturated/α-hetero) is 1. The Balaban J connectivity index is 1.59. The van der Waals surface area contributed by atoms with Gasteiger partial charge in [-0.15, -0.1) is 0 Å². The predicted molar refractivity (Wildman–Crippen MR) is 146 cm³/mol. The summed E-state index contributed by atoms with van der Waals surface area (Å²) >= 11 is 1.29. The van der Waals surface area contributed by atoms with Gasteiger partial charge in [0.1, 0.15) is 25.0 Å². The number of ether oxygens (including phenoxy) is 4. The zero-order valence-electron chi connectivity index (χ0n) is 21.4. The summed E-state index contributed by atoms with van der Waals surface area (Å²) in [6.07, 6.45) is 0. The Labute approximate surface area is 227 Å². The van der Waals surface area contributed by atoms with Crippen molar-refractivity contribution >= 4 is 44.1 Å². The van der Waals surface area contributed by atoms with Crippen molar-refractivity contribution in [2.24, 2.45) is 0 Å². The van der Waals surface area contributed by atoms with Crippen molar-refractivity contribution in [1.29, 1.82) is 0 Å². The van der Waals surface area contributed by atoms with Crippen LogP contribution in [-0.2, 0) is 9.59 Å². The van der Waals surface area contributed by atoms with E-state index in [1.807, 2.05) is 25.1 Å². The number of aryl methyl sites for hydroxylation is 1. The summed E-state index contributed by atoms with van der Waals surface area (Å²) in [6.45, 7) is 2.75. The quantitative estimate of drug-likeness (QED) is 0.212. The summed E-state index contributed by atoms with van der Waals surface area (Å²) in [6, 6.07) is 14.8. The molecule has 6 rings (SSSR count). The van der Waals surface area contributed by atoms with Crippen molar-refractivity contribution in [3.63, 3.8) is 0 Å². The fourth-order valence-corrected chi connectivity index (χ4v) is 6.01. The van der Waals surface area contributed by atoms with Crippen molar-refractivity contribution in [3.8, 4) is 23.0 Å². The van der Waals surface area contributed by atoms with Gasteiger partial charge in [0.25, 0.3) is 5.78 Å². The van der Waals surface area contributed by atoms with Crippen LogP contribution in [0.15, 0.2) is 60.2 Å². The van der Waals surface area contributed by atoms with Crippen LogP contribution in [0.1, 0.15) is 22.7 Å². The van der Waals surface area contributed by atoms with Gasteiger partial charge in [0.05, 0.1) is 30.0 Å². The van der Waals surface area contributed by atoms with Gasteiger partial charge in [-0.05, 0) is 48.9 Å². The molecule has 3 heterocycles. The SMILES string of the molecule is COc1cccc(C2/C(=C(\O)c3ccc4c(c3)OCCO4)C(=O)C(=O)N2c2nc3ccc(C)cc3s2)c1OC. The van der Waals surface area contributed by atoms with Gasteiger partial charge in [-0.2, -0.15) is 0 Å². The fourth-order valence-electron chi connectivity index (χ4n) is 4.92. The molecule has 39 heavy (non-hydrogen) atoms. The van der Waals surface area contributed by atoms with Crippen LogP contribution < -0.4 is 23.8 Å². The molecule has 1 saturated heterocycles. The maximum Gasteiger partial charge on any atom is 0.301 e. The molecular weight excluding hydrogens is 520 g/mol. The van der Waals surface area contributed by atoms with Crippen molar-refractivity contribution in [2.45, 2.75) is 13.0 Å². The number of nitrogens with zero attached hydrogens (tertiary/aromatic N) is 2. The number of carbonyl (C=O) groups excluding carboxylic acids is 2. The van der Waals surface area contributed by atoms with Gasteiger partial charge < -0.3 is 24.1 Å². The maximum absolute atomic E-state index is 13.6. The molecule has 0 aliphatic carbocycles. The second-order valence-electron chi connectivity index (χ2n) is 9.08. The first-order valence-electron chi connectivity index (χ1n) is 12.2. The van der Waals surface area contributed by atoms with Crippen molar-refractivity contribution in [3.05, 3.63) is 76.9 Å². The molecule has 1 fully saturated rings. The summed E-state index contributed by atoms with van der Waals surface area (Å²) in [5.74, 6) is -0.264. The highest BCUT2D eigenvalue weighted by atomic mass is 32.1. The molecule has 0 radical (unpaired) electrons. The first kappa shape index (κ1) is 24.7. The standard InChI is InChI=1S/C29H24N2O7S/c1-15-7-9-18-22(13-15)39-29(30-18)31-24(17-5-4-6-20(35-2)27(17)36-3)23(26(33)28(31)34)25(32)16-8-10-19-21(14-16)38-12-11-37-19/h4-10,13-14,24,32H,11-12H2,1-3H3/b25-23+. The molecule has 1 atom stereocenters. The van der Waals surface area contributed by atoms with E-state index in [4.69, 9.17) is 18.9 Å². The highest BCUT2D eigenvalue weighted by Gasteiger charge is 2.49. The first-order valence-corrected chi connectivity index (χ1v) is 13.0. The minimum Gasteiger partial charge on any atom is -0.507 e. The van der Waals surface area contributed by atoms with Gasteiger partial charge >= 0.3 is 5.91 Å². The number of aliphatic hydroxyl groups is 1. The molecule has 4 aromatic rings. The van der Waals surface area contributed by atoms with Crippen LogP contribution >= 0.6 is 11.3 Å². The lowest BCUT2D eigenvalue weighted by molar-refractivity contribution is -0.132.